The lowest BCUT2D eigenvalue weighted by atomic mass is 9.87. The fraction of sp³-hybridized carbons (Fsp3) is 0.368. The quantitative estimate of drug-likeness (QED) is 0.906. The molecule has 1 aliphatic heterocycles. The lowest BCUT2D eigenvalue weighted by Crippen LogP contribution is -2.44. The number of benzene rings is 1. The average molecular weight is 359 g/mol. The second-order valence-electron chi connectivity index (χ2n) is 6.34. The highest BCUT2D eigenvalue weighted by Crippen LogP contribution is 2.37. The number of nitrogens with zero attached hydrogens (tertiary/aromatic N) is 1. The van der Waals surface area contributed by atoms with Crippen molar-refractivity contribution in [2.75, 3.05) is 20.2 Å². The minimum Gasteiger partial charge on any atom is -0.495 e. The molecule has 132 valence electrons. The normalized spacial score (nSPS) is 20.3. The van der Waals surface area contributed by atoms with Gasteiger partial charge in [-0.25, -0.2) is 0 Å². The topological polar surface area (TPSA) is 66.8 Å². The third kappa shape index (κ3) is 3.54. The molecule has 0 bridgehead atoms. The summed E-state index contributed by atoms with van der Waals surface area (Å²) in [6.45, 7) is 2.80. The van der Waals surface area contributed by atoms with Gasteiger partial charge in [-0.1, -0.05) is 37.3 Å². The van der Waals surface area contributed by atoms with Gasteiger partial charge in [-0.15, -0.1) is 11.3 Å². The molecule has 2 atom stereocenters. The first-order chi connectivity index (χ1) is 12.0. The van der Waals surface area contributed by atoms with Gasteiger partial charge in [0.1, 0.15) is 10.6 Å². The first kappa shape index (κ1) is 17.5. The van der Waals surface area contributed by atoms with Crippen LogP contribution in [0.5, 0.6) is 5.75 Å². The molecule has 2 aromatic rings. The van der Waals surface area contributed by atoms with Crippen molar-refractivity contribution in [3.05, 3.63) is 41.3 Å². The van der Waals surface area contributed by atoms with Crippen LogP contribution in [0.1, 0.15) is 23.0 Å². The van der Waals surface area contributed by atoms with Gasteiger partial charge in [-0.2, -0.15) is 0 Å². The summed E-state index contributed by atoms with van der Waals surface area (Å²) in [6.07, 6.45) is 0.488. The molecule has 1 amide bonds. The molecule has 2 heterocycles. The lowest BCUT2D eigenvalue weighted by Gasteiger charge is -2.34. The zero-order chi connectivity index (χ0) is 18.0. The number of thiophene rings is 1. The van der Waals surface area contributed by atoms with Gasteiger partial charge in [0.25, 0.3) is 5.91 Å². The van der Waals surface area contributed by atoms with Crippen molar-refractivity contribution >= 4 is 23.2 Å². The fourth-order valence-electron chi connectivity index (χ4n) is 3.26. The Kier molecular flexibility index (Phi) is 5.08. The van der Waals surface area contributed by atoms with E-state index in [4.69, 9.17) is 4.74 Å². The predicted octanol–water partition coefficient (Wildman–Crippen LogP) is 3.61. The number of hydrogen-bond acceptors (Lipinski definition) is 4. The van der Waals surface area contributed by atoms with E-state index in [1.165, 1.54) is 11.3 Å². The van der Waals surface area contributed by atoms with Crippen molar-refractivity contribution in [3.8, 4) is 16.2 Å². The summed E-state index contributed by atoms with van der Waals surface area (Å²) >= 11 is 1.41. The van der Waals surface area contributed by atoms with E-state index in [0.717, 1.165) is 10.4 Å². The molecule has 3 rings (SSSR count). The van der Waals surface area contributed by atoms with Crippen molar-refractivity contribution in [2.24, 2.45) is 11.8 Å². The molecule has 1 saturated heterocycles. The van der Waals surface area contributed by atoms with Gasteiger partial charge in [0.2, 0.25) is 0 Å². The number of likely N-dealkylation sites (tertiary alicyclic amines) is 1. The van der Waals surface area contributed by atoms with Crippen molar-refractivity contribution in [2.45, 2.75) is 13.3 Å². The molecule has 0 saturated carbocycles. The number of rotatable bonds is 4. The number of hydrogen-bond donors (Lipinski definition) is 1. The van der Waals surface area contributed by atoms with Gasteiger partial charge in [-0.05, 0) is 24.0 Å². The molecule has 1 fully saturated rings. The van der Waals surface area contributed by atoms with E-state index in [1.54, 1.807) is 12.0 Å². The molecular weight excluding hydrogens is 338 g/mol. The zero-order valence-corrected chi connectivity index (χ0v) is 15.1. The smallest absolute Gasteiger partial charge is 0.306 e. The molecule has 0 radical (unpaired) electrons. The fourth-order valence-corrected chi connectivity index (χ4v) is 4.36. The number of piperidine rings is 1. The first-order valence-electron chi connectivity index (χ1n) is 8.26. The molecule has 5 nitrogen and oxygen atoms in total. The second-order valence-corrected chi connectivity index (χ2v) is 7.39. The maximum absolute atomic E-state index is 13.0. The Hall–Kier alpha value is -2.34. The SMILES string of the molecule is COc1cc(-c2ccccc2)sc1C(=O)N1CCC(C(=O)O)C(C)C1. The summed E-state index contributed by atoms with van der Waals surface area (Å²) in [7, 11) is 1.56. The van der Waals surface area contributed by atoms with Crippen LogP contribution in [0.25, 0.3) is 10.4 Å². The van der Waals surface area contributed by atoms with Gasteiger partial charge in [0.15, 0.2) is 0 Å². The Morgan fingerprint density at radius 3 is 2.60 bits per heavy atom. The Balaban J connectivity index is 1.83. The van der Waals surface area contributed by atoms with Crippen molar-refractivity contribution < 1.29 is 19.4 Å². The Labute approximate surface area is 150 Å². The van der Waals surface area contributed by atoms with Gasteiger partial charge >= 0.3 is 5.97 Å². The molecule has 2 unspecified atom stereocenters. The van der Waals surface area contributed by atoms with Crippen LogP contribution in [0.3, 0.4) is 0 Å². The summed E-state index contributed by atoms with van der Waals surface area (Å²) in [5.41, 5.74) is 1.04. The minimum atomic E-state index is -0.778. The van der Waals surface area contributed by atoms with Crippen LogP contribution in [0.4, 0.5) is 0 Å². The number of carbonyl (C=O) groups is 2. The van der Waals surface area contributed by atoms with Crippen LogP contribution >= 0.6 is 11.3 Å². The highest BCUT2D eigenvalue weighted by atomic mass is 32.1. The van der Waals surface area contributed by atoms with Crippen LogP contribution in [-0.4, -0.2) is 42.1 Å². The summed E-state index contributed by atoms with van der Waals surface area (Å²) in [4.78, 5) is 27.5. The third-order valence-electron chi connectivity index (χ3n) is 4.68. The summed E-state index contributed by atoms with van der Waals surface area (Å²) < 4.78 is 5.41. The second kappa shape index (κ2) is 7.27. The van der Waals surface area contributed by atoms with E-state index < -0.39 is 5.97 Å². The molecular formula is C19H21NO4S. The molecule has 1 aliphatic rings. The van der Waals surface area contributed by atoms with E-state index in [-0.39, 0.29) is 17.7 Å². The van der Waals surface area contributed by atoms with E-state index in [2.05, 4.69) is 0 Å². The predicted molar refractivity (Wildman–Crippen MR) is 97.1 cm³/mol. The third-order valence-corrected chi connectivity index (χ3v) is 5.83. The number of carboxylic acids is 1. The van der Waals surface area contributed by atoms with Crippen LogP contribution in [-0.2, 0) is 4.79 Å². The average Bonchev–Trinajstić information content (AvgIpc) is 3.05. The standard InChI is InChI=1S/C19H21NO4S/c1-12-11-20(9-8-14(12)19(22)23)18(21)17-15(24-2)10-16(25-17)13-6-4-3-5-7-13/h3-7,10,12,14H,8-9,11H2,1-2H3,(H,22,23). The number of carboxylic acid groups (broad SMARTS) is 1. The van der Waals surface area contributed by atoms with Crippen LogP contribution in [0.2, 0.25) is 0 Å². The number of aliphatic carboxylic acids is 1. The van der Waals surface area contributed by atoms with Crippen molar-refractivity contribution in [1.29, 1.82) is 0 Å². The molecule has 6 heteroatoms. The molecule has 1 aromatic heterocycles. The van der Waals surface area contributed by atoms with E-state index in [0.29, 0.717) is 30.1 Å². The molecule has 0 aliphatic carbocycles. The molecule has 0 spiro atoms. The lowest BCUT2D eigenvalue weighted by molar-refractivity contribution is -0.145. The number of amides is 1. The summed E-state index contributed by atoms with van der Waals surface area (Å²) in [5, 5.41) is 9.24. The minimum absolute atomic E-state index is 0.0604. The number of carbonyl (C=O) groups excluding carboxylic acids is 1. The van der Waals surface area contributed by atoms with Crippen molar-refractivity contribution in [3.63, 3.8) is 0 Å². The van der Waals surface area contributed by atoms with Crippen LogP contribution < -0.4 is 4.74 Å². The van der Waals surface area contributed by atoms with E-state index in [9.17, 15) is 14.7 Å². The van der Waals surface area contributed by atoms with Crippen LogP contribution in [0.15, 0.2) is 36.4 Å². The molecule has 25 heavy (non-hydrogen) atoms. The molecule has 1 N–H and O–H groups in total. The van der Waals surface area contributed by atoms with Gasteiger partial charge in [-0.3, -0.25) is 9.59 Å². The monoisotopic (exact) mass is 359 g/mol. The van der Waals surface area contributed by atoms with Crippen molar-refractivity contribution in [1.82, 2.24) is 4.90 Å². The Morgan fingerprint density at radius 1 is 1.28 bits per heavy atom. The van der Waals surface area contributed by atoms with E-state index in [1.807, 2.05) is 43.3 Å². The molecule has 1 aromatic carbocycles. The Morgan fingerprint density at radius 2 is 2.00 bits per heavy atom. The van der Waals surface area contributed by atoms with Crippen LogP contribution in [0, 0.1) is 11.8 Å². The number of methoxy groups -OCH3 is 1. The highest BCUT2D eigenvalue weighted by molar-refractivity contribution is 7.17. The highest BCUT2D eigenvalue weighted by Gasteiger charge is 2.34. The maximum atomic E-state index is 13.0. The van der Waals surface area contributed by atoms with Gasteiger partial charge < -0.3 is 14.7 Å². The summed E-state index contributed by atoms with van der Waals surface area (Å²) in [6, 6.07) is 11.8. The largest absolute Gasteiger partial charge is 0.495 e. The van der Waals surface area contributed by atoms with E-state index >= 15 is 0 Å². The first-order valence-corrected chi connectivity index (χ1v) is 9.08. The maximum Gasteiger partial charge on any atom is 0.306 e. The zero-order valence-electron chi connectivity index (χ0n) is 14.3. The summed E-state index contributed by atoms with van der Waals surface area (Å²) in [5.74, 6) is -0.731. The number of ether oxygens (including phenoxy) is 1. The van der Waals surface area contributed by atoms with Gasteiger partial charge in [0.05, 0.1) is 13.0 Å². The van der Waals surface area contributed by atoms with Gasteiger partial charge in [0, 0.05) is 18.0 Å². The Bertz CT molecular complexity index is 771.